The summed E-state index contributed by atoms with van der Waals surface area (Å²) in [6.07, 6.45) is 0.525. The fraction of sp³-hybridized carbons (Fsp3) is 0.409. The molecule has 1 saturated heterocycles. The summed E-state index contributed by atoms with van der Waals surface area (Å²) in [6, 6.07) is 3.98. The summed E-state index contributed by atoms with van der Waals surface area (Å²) in [4.78, 5) is 39.4. The van der Waals surface area contributed by atoms with Gasteiger partial charge in [0.15, 0.2) is 5.96 Å². The lowest BCUT2D eigenvalue weighted by atomic mass is 9.76. The van der Waals surface area contributed by atoms with Crippen molar-refractivity contribution >= 4 is 23.5 Å². The number of nitrogens with two attached hydrogens (primary N) is 1. The van der Waals surface area contributed by atoms with E-state index in [1.54, 1.807) is 13.8 Å². The summed E-state index contributed by atoms with van der Waals surface area (Å²) in [5, 5.41) is 2.63. The number of aromatic nitrogens is 2. The van der Waals surface area contributed by atoms with Crippen molar-refractivity contribution in [3.63, 3.8) is 0 Å². The second-order valence-corrected chi connectivity index (χ2v) is 8.06. The molecule has 1 aromatic carbocycles. The molecule has 2 amide bonds. The summed E-state index contributed by atoms with van der Waals surface area (Å²) in [7, 11) is 0. The van der Waals surface area contributed by atoms with Crippen LogP contribution >= 0.6 is 0 Å². The monoisotopic (exact) mass is 458 g/mol. The number of alkyl halides is 1. The second kappa shape index (κ2) is 8.47. The van der Waals surface area contributed by atoms with Crippen LogP contribution in [0.2, 0.25) is 0 Å². The minimum atomic E-state index is -1.35. The number of fused-ring (bicyclic) bond motifs is 1. The van der Waals surface area contributed by atoms with Gasteiger partial charge in [0, 0.05) is 17.8 Å². The van der Waals surface area contributed by atoms with E-state index in [0.717, 1.165) is 6.20 Å². The largest absolute Gasteiger partial charge is 0.375 e. The van der Waals surface area contributed by atoms with Gasteiger partial charge in [0.25, 0.3) is 5.91 Å². The van der Waals surface area contributed by atoms with E-state index in [9.17, 15) is 14.0 Å². The van der Waals surface area contributed by atoms with Gasteiger partial charge >= 0.3 is 0 Å². The SMILES string of the molecule is CCN1C(=O)[C@@H]2[C@@H](C)OC[C@]2(c2cc(NC(=O)c3cnc(C(C)F)cn3)ccc2F)N=C1N. The van der Waals surface area contributed by atoms with E-state index in [2.05, 4.69) is 20.3 Å². The molecule has 9 nitrogen and oxygen atoms in total. The number of rotatable bonds is 5. The smallest absolute Gasteiger partial charge is 0.275 e. The lowest BCUT2D eigenvalue weighted by Crippen LogP contribution is -2.57. The van der Waals surface area contributed by atoms with Crippen LogP contribution in [0.1, 0.15) is 48.7 Å². The zero-order valence-electron chi connectivity index (χ0n) is 18.4. The molecule has 0 bridgehead atoms. The Kier molecular flexibility index (Phi) is 5.83. The summed E-state index contributed by atoms with van der Waals surface area (Å²) in [5.41, 5.74) is 5.12. The van der Waals surface area contributed by atoms with E-state index in [1.807, 2.05) is 0 Å². The van der Waals surface area contributed by atoms with E-state index in [1.165, 1.54) is 36.2 Å². The van der Waals surface area contributed by atoms with Crippen LogP contribution in [0.25, 0.3) is 0 Å². The Morgan fingerprint density at radius 1 is 1.39 bits per heavy atom. The highest BCUT2D eigenvalue weighted by Gasteiger charge is 2.58. The molecule has 1 unspecified atom stereocenters. The highest BCUT2D eigenvalue weighted by Crippen LogP contribution is 2.47. The zero-order valence-corrected chi connectivity index (χ0v) is 18.4. The molecule has 2 aliphatic heterocycles. The number of aliphatic imine (C=N–C) groups is 1. The molecule has 4 atom stereocenters. The van der Waals surface area contributed by atoms with Crippen LogP contribution in [0, 0.1) is 11.7 Å². The number of amides is 2. The number of carbonyl (C=O) groups excluding carboxylic acids is 2. The first-order chi connectivity index (χ1) is 15.7. The standard InChI is InChI=1S/C22H24F2N6O3/c1-4-30-20(32)18-12(3)33-10-22(18,29-21(30)25)14-7-13(5-6-15(14)24)28-19(31)17-9-26-16(8-27-17)11(2)23/h5-9,11-12,18H,4,10H2,1-3H3,(H2,25,29)(H,28,31)/t11?,12-,18+,22-/m1/s1. The first kappa shape index (κ1) is 22.7. The number of ether oxygens (including phenoxy) is 1. The van der Waals surface area contributed by atoms with Gasteiger partial charge in [0.2, 0.25) is 5.91 Å². The predicted octanol–water partition coefficient (Wildman–Crippen LogP) is 2.31. The first-order valence-corrected chi connectivity index (χ1v) is 10.5. The Bertz CT molecular complexity index is 1120. The molecule has 1 aromatic heterocycles. The Labute approximate surface area is 189 Å². The topological polar surface area (TPSA) is 123 Å². The van der Waals surface area contributed by atoms with Crippen molar-refractivity contribution in [2.24, 2.45) is 16.6 Å². The normalized spacial score (nSPS) is 25.4. The van der Waals surface area contributed by atoms with Gasteiger partial charge in [0.1, 0.15) is 23.2 Å². The molecule has 2 aliphatic rings. The molecular weight excluding hydrogens is 434 g/mol. The number of hydrogen-bond acceptors (Lipinski definition) is 7. The van der Waals surface area contributed by atoms with Gasteiger partial charge < -0.3 is 15.8 Å². The number of nitrogens with one attached hydrogen (secondary N) is 1. The maximum absolute atomic E-state index is 15.1. The van der Waals surface area contributed by atoms with Gasteiger partial charge in [-0.25, -0.2) is 18.8 Å². The third kappa shape index (κ3) is 3.82. The van der Waals surface area contributed by atoms with Crippen LogP contribution in [-0.4, -0.2) is 51.9 Å². The zero-order chi connectivity index (χ0) is 23.9. The van der Waals surface area contributed by atoms with Crippen molar-refractivity contribution in [2.45, 2.75) is 38.6 Å². The van der Waals surface area contributed by atoms with Crippen molar-refractivity contribution in [1.82, 2.24) is 14.9 Å². The Hall–Kier alpha value is -3.47. The van der Waals surface area contributed by atoms with Crippen LogP contribution in [0.15, 0.2) is 35.6 Å². The number of anilines is 1. The molecular formula is C22H24F2N6O3. The second-order valence-electron chi connectivity index (χ2n) is 8.06. The molecule has 4 rings (SSSR count). The number of carbonyl (C=O) groups is 2. The molecule has 0 radical (unpaired) electrons. The van der Waals surface area contributed by atoms with Gasteiger partial charge in [-0.05, 0) is 39.0 Å². The number of hydrogen-bond donors (Lipinski definition) is 2. The number of benzene rings is 1. The van der Waals surface area contributed by atoms with Crippen molar-refractivity contribution in [2.75, 3.05) is 18.5 Å². The molecule has 0 aliphatic carbocycles. The summed E-state index contributed by atoms with van der Waals surface area (Å²) in [6.45, 7) is 5.11. The van der Waals surface area contributed by atoms with E-state index < -0.39 is 35.5 Å². The molecule has 0 spiro atoms. The fourth-order valence-corrected chi connectivity index (χ4v) is 4.30. The van der Waals surface area contributed by atoms with Crippen molar-refractivity contribution in [1.29, 1.82) is 0 Å². The van der Waals surface area contributed by atoms with E-state index in [0.29, 0.717) is 6.54 Å². The van der Waals surface area contributed by atoms with Gasteiger partial charge in [-0.15, -0.1) is 0 Å². The molecule has 174 valence electrons. The number of nitrogens with zero attached hydrogens (tertiary/aromatic N) is 4. The molecule has 33 heavy (non-hydrogen) atoms. The van der Waals surface area contributed by atoms with Crippen LogP contribution in [0.5, 0.6) is 0 Å². The van der Waals surface area contributed by atoms with Crippen molar-refractivity contribution < 1.29 is 23.1 Å². The molecule has 11 heteroatoms. The fourth-order valence-electron chi connectivity index (χ4n) is 4.30. The molecule has 3 heterocycles. The first-order valence-electron chi connectivity index (χ1n) is 10.5. The minimum absolute atomic E-state index is 0.0113. The van der Waals surface area contributed by atoms with Crippen LogP contribution in [-0.2, 0) is 15.1 Å². The van der Waals surface area contributed by atoms with Crippen LogP contribution in [0.3, 0.4) is 0 Å². The third-order valence-electron chi connectivity index (χ3n) is 5.99. The van der Waals surface area contributed by atoms with Crippen molar-refractivity contribution in [3.05, 3.63) is 53.4 Å². The van der Waals surface area contributed by atoms with Gasteiger partial charge in [0.05, 0.1) is 36.7 Å². The Morgan fingerprint density at radius 2 is 2.15 bits per heavy atom. The third-order valence-corrected chi connectivity index (χ3v) is 5.99. The quantitative estimate of drug-likeness (QED) is 0.709. The molecule has 0 saturated carbocycles. The number of guanidine groups is 1. The number of halogens is 2. The molecule has 2 aromatic rings. The predicted molar refractivity (Wildman–Crippen MR) is 115 cm³/mol. The Morgan fingerprint density at radius 3 is 2.79 bits per heavy atom. The van der Waals surface area contributed by atoms with Crippen LogP contribution in [0.4, 0.5) is 14.5 Å². The summed E-state index contributed by atoms with van der Waals surface area (Å²) >= 11 is 0. The maximum Gasteiger partial charge on any atom is 0.275 e. The molecule has 3 N–H and O–H groups in total. The minimum Gasteiger partial charge on any atom is -0.375 e. The van der Waals surface area contributed by atoms with E-state index in [-0.39, 0.29) is 41.1 Å². The summed E-state index contributed by atoms with van der Waals surface area (Å²) < 4.78 is 34.1. The lowest BCUT2D eigenvalue weighted by Gasteiger charge is -2.39. The highest BCUT2D eigenvalue weighted by atomic mass is 19.1. The van der Waals surface area contributed by atoms with Crippen LogP contribution < -0.4 is 11.1 Å². The van der Waals surface area contributed by atoms with Gasteiger partial charge in [-0.2, -0.15) is 0 Å². The van der Waals surface area contributed by atoms with Gasteiger partial charge in [-0.1, -0.05) is 0 Å². The average Bonchev–Trinajstić information content (AvgIpc) is 3.12. The van der Waals surface area contributed by atoms with Gasteiger partial charge in [-0.3, -0.25) is 19.5 Å². The average molecular weight is 458 g/mol. The Balaban J connectivity index is 1.69. The maximum atomic E-state index is 15.1. The lowest BCUT2D eigenvalue weighted by molar-refractivity contribution is -0.135. The molecule has 1 fully saturated rings. The van der Waals surface area contributed by atoms with E-state index in [4.69, 9.17) is 10.5 Å². The van der Waals surface area contributed by atoms with Crippen molar-refractivity contribution in [3.8, 4) is 0 Å². The van der Waals surface area contributed by atoms with E-state index >= 15 is 4.39 Å². The summed E-state index contributed by atoms with van der Waals surface area (Å²) in [5.74, 6) is -2.29. The highest BCUT2D eigenvalue weighted by molar-refractivity contribution is 6.03.